The maximum atomic E-state index is 12.0. The fourth-order valence-corrected chi connectivity index (χ4v) is 5.53. The molecule has 1 heterocycles. The Morgan fingerprint density at radius 2 is 1.90 bits per heavy atom. The minimum absolute atomic E-state index is 0.00285. The minimum Gasteiger partial charge on any atom is -0.497 e. The van der Waals surface area contributed by atoms with E-state index in [1.54, 1.807) is 31.4 Å². The van der Waals surface area contributed by atoms with Crippen molar-refractivity contribution in [1.82, 2.24) is 4.90 Å². The summed E-state index contributed by atoms with van der Waals surface area (Å²) in [6, 6.07) is 14.3. The van der Waals surface area contributed by atoms with Gasteiger partial charge < -0.3 is 14.6 Å². The fraction of sp³-hybridized carbons (Fsp3) is 0.435. The molecule has 0 bridgehead atoms. The van der Waals surface area contributed by atoms with E-state index >= 15 is 0 Å². The third-order valence-electron chi connectivity index (χ3n) is 5.41. The number of hydrogen-bond acceptors (Lipinski definition) is 7. The van der Waals surface area contributed by atoms with Crippen molar-refractivity contribution in [2.75, 3.05) is 31.8 Å². The normalized spacial score (nSPS) is 18.6. The Kier molecular flexibility index (Phi) is 7.69. The predicted octanol–water partition coefficient (Wildman–Crippen LogP) is 2.33. The Hall–Kier alpha value is -2.42. The molecule has 3 rings (SSSR count). The van der Waals surface area contributed by atoms with Crippen molar-refractivity contribution in [1.29, 1.82) is 0 Å². The average molecular weight is 448 g/mol. The SMILES string of the molecule is COc1ccc(CN(CC(O)COc2ccccc2C(C)=O)C2CCS(=O)(=O)C2)cc1. The molecule has 31 heavy (non-hydrogen) atoms. The van der Waals surface area contributed by atoms with Gasteiger partial charge in [0.1, 0.15) is 24.2 Å². The van der Waals surface area contributed by atoms with Crippen LogP contribution in [0.15, 0.2) is 48.5 Å². The third-order valence-corrected chi connectivity index (χ3v) is 7.16. The number of methoxy groups -OCH3 is 1. The molecule has 1 N–H and O–H groups in total. The van der Waals surface area contributed by atoms with Crippen molar-refractivity contribution < 1.29 is 27.8 Å². The van der Waals surface area contributed by atoms with Crippen molar-refractivity contribution in [3.63, 3.8) is 0 Å². The Morgan fingerprint density at radius 1 is 1.19 bits per heavy atom. The number of aliphatic hydroxyl groups excluding tert-OH is 1. The number of para-hydroxylation sites is 1. The number of rotatable bonds is 10. The highest BCUT2D eigenvalue weighted by atomic mass is 32.2. The van der Waals surface area contributed by atoms with Crippen LogP contribution in [0.5, 0.6) is 11.5 Å². The molecule has 1 fully saturated rings. The van der Waals surface area contributed by atoms with Gasteiger partial charge in [0.25, 0.3) is 0 Å². The molecule has 1 aliphatic heterocycles. The number of hydrogen-bond donors (Lipinski definition) is 1. The summed E-state index contributed by atoms with van der Waals surface area (Å²) in [7, 11) is -1.46. The van der Waals surface area contributed by atoms with E-state index in [0.717, 1.165) is 11.3 Å². The van der Waals surface area contributed by atoms with Gasteiger partial charge in [-0.15, -0.1) is 0 Å². The summed E-state index contributed by atoms with van der Waals surface area (Å²) < 4.78 is 34.9. The summed E-state index contributed by atoms with van der Waals surface area (Å²) in [4.78, 5) is 13.8. The Balaban J connectivity index is 1.68. The molecule has 0 spiro atoms. The molecule has 1 saturated heterocycles. The van der Waals surface area contributed by atoms with Gasteiger partial charge in [-0.3, -0.25) is 9.69 Å². The molecule has 1 aliphatic rings. The van der Waals surface area contributed by atoms with Crippen molar-refractivity contribution in [3.8, 4) is 11.5 Å². The van der Waals surface area contributed by atoms with Gasteiger partial charge in [-0.05, 0) is 43.2 Å². The molecule has 0 aromatic heterocycles. The number of Topliss-reactive ketones (excluding diaryl/α,β-unsaturated/α-hetero) is 1. The van der Waals surface area contributed by atoms with Gasteiger partial charge in [-0.2, -0.15) is 0 Å². The van der Waals surface area contributed by atoms with E-state index in [4.69, 9.17) is 9.47 Å². The van der Waals surface area contributed by atoms with E-state index in [1.165, 1.54) is 6.92 Å². The summed E-state index contributed by atoms with van der Waals surface area (Å²) >= 11 is 0. The minimum atomic E-state index is -3.06. The first-order chi connectivity index (χ1) is 14.8. The van der Waals surface area contributed by atoms with Gasteiger partial charge in [0, 0.05) is 19.1 Å². The molecule has 0 saturated carbocycles. The zero-order valence-electron chi connectivity index (χ0n) is 17.9. The number of carbonyl (C=O) groups excluding carboxylic acids is 1. The summed E-state index contributed by atoms with van der Waals surface area (Å²) in [5.74, 6) is 1.32. The molecule has 168 valence electrons. The predicted molar refractivity (Wildman–Crippen MR) is 118 cm³/mol. The summed E-state index contributed by atoms with van der Waals surface area (Å²) in [5, 5.41) is 10.6. The lowest BCUT2D eigenvalue weighted by Gasteiger charge is -2.30. The van der Waals surface area contributed by atoms with Crippen LogP contribution in [0.3, 0.4) is 0 Å². The topological polar surface area (TPSA) is 93.1 Å². The second-order valence-corrected chi connectivity index (χ2v) is 10.1. The molecule has 2 aromatic rings. The van der Waals surface area contributed by atoms with Crippen molar-refractivity contribution >= 4 is 15.6 Å². The zero-order valence-corrected chi connectivity index (χ0v) is 18.7. The fourth-order valence-electron chi connectivity index (χ4n) is 3.76. The van der Waals surface area contributed by atoms with E-state index < -0.39 is 15.9 Å². The van der Waals surface area contributed by atoms with E-state index in [1.807, 2.05) is 29.2 Å². The maximum Gasteiger partial charge on any atom is 0.163 e. The largest absolute Gasteiger partial charge is 0.497 e. The second kappa shape index (κ2) is 10.3. The molecule has 0 aliphatic carbocycles. The summed E-state index contributed by atoms with van der Waals surface area (Å²) in [6.45, 7) is 2.23. The zero-order chi connectivity index (χ0) is 22.4. The number of benzene rings is 2. The van der Waals surface area contributed by atoms with Crippen LogP contribution in [0.2, 0.25) is 0 Å². The van der Waals surface area contributed by atoms with Crippen LogP contribution in [0, 0.1) is 0 Å². The summed E-state index contributed by atoms with van der Waals surface area (Å²) in [6.07, 6.45) is -0.305. The second-order valence-electron chi connectivity index (χ2n) is 7.85. The van der Waals surface area contributed by atoms with Gasteiger partial charge >= 0.3 is 0 Å². The molecular formula is C23H29NO6S. The third kappa shape index (κ3) is 6.53. The number of ketones is 1. The highest BCUT2D eigenvalue weighted by Crippen LogP contribution is 2.22. The first-order valence-corrected chi connectivity index (χ1v) is 12.1. The molecule has 2 unspecified atom stereocenters. The lowest BCUT2D eigenvalue weighted by Crippen LogP contribution is -2.42. The highest BCUT2D eigenvalue weighted by Gasteiger charge is 2.33. The van der Waals surface area contributed by atoms with E-state index in [-0.39, 0.29) is 36.5 Å². The quantitative estimate of drug-likeness (QED) is 0.559. The van der Waals surface area contributed by atoms with Gasteiger partial charge in [0.05, 0.1) is 24.2 Å². The van der Waals surface area contributed by atoms with Crippen LogP contribution >= 0.6 is 0 Å². The van der Waals surface area contributed by atoms with Crippen LogP contribution in [-0.4, -0.2) is 68.1 Å². The molecule has 2 aromatic carbocycles. The van der Waals surface area contributed by atoms with Crippen LogP contribution in [0.25, 0.3) is 0 Å². The van der Waals surface area contributed by atoms with Crippen molar-refractivity contribution in [2.24, 2.45) is 0 Å². The number of carbonyl (C=O) groups is 1. The van der Waals surface area contributed by atoms with Gasteiger partial charge in [-0.25, -0.2) is 8.42 Å². The maximum absolute atomic E-state index is 12.0. The average Bonchev–Trinajstić information content (AvgIpc) is 3.12. The number of aliphatic hydroxyl groups is 1. The van der Waals surface area contributed by atoms with E-state index in [2.05, 4.69) is 0 Å². The first kappa shape index (κ1) is 23.2. The lowest BCUT2D eigenvalue weighted by molar-refractivity contribution is 0.0520. The molecular weight excluding hydrogens is 418 g/mol. The molecule has 8 heteroatoms. The van der Waals surface area contributed by atoms with Crippen LogP contribution < -0.4 is 9.47 Å². The van der Waals surface area contributed by atoms with E-state index in [9.17, 15) is 18.3 Å². The molecule has 0 amide bonds. The van der Waals surface area contributed by atoms with Gasteiger partial charge in [-0.1, -0.05) is 24.3 Å². The van der Waals surface area contributed by atoms with Crippen molar-refractivity contribution in [3.05, 3.63) is 59.7 Å². The molecule has 2 atom stereocenters. The van der Waals surface area contributed by atoms with Crippen molar-refractivity contribution in [2.45, 2.75) is 32.0 Å². The number of nitrogens with zero attached hydrogens (tertiary/aromatic N) is 1. The number of sulfone groups is 1. The van der Waals surface area contributed by atoms with Crippen LogP contribution in [-0.2, 0) is 16.4 Å². The van der Waals surface area contributed by atoms with Crippen LogP contribution in [0.1, 0.15) is 29.3 Å². The smallest absolute Gasteiger partial charge is 0.163 e. The lowest BCUT2D eigenvalue weighted by atomic mass is 10.1. The monoisotopic (exact) mass is 447 g/mol. The Morgan fingerprint density at radius 3 is 2.52 bits per heavy atom. The Labute approximate surface area is 183 Å². The van der Waals surface area contributed by atoms with Crippen LogP contribution in [0.4, 0.5) is 0 Å². The first-order valence-electron chi connectivity index (χ1n) is 10.3. The summed E-state index contributed by atoms with van der Waals surface area (Å²) in [5.41, 5.74) is 1.46. The molecule has 0 radical (unpaired) electrons. The van der Waals surface area contributed by atoms with Gasteiger partial charge in [0.15, 0.2) is 15.6 Å². The van der Waals surface area contributed by atoms with Gasteiger partial charge in [0.2, 0.25) is 0 Å². The Bertz CT molecular complexity index is 989. The standard InChI is InChI=1S/C23H29NO6S/c1-17(25)22-5-3-4-6-23(22)30-15-20(26)14-24(19-11-12-31(27,28)16-19)13-18-7-9-21(29-2)10-8-18/h3-10,19-20,26H,11-16H2,1-2H3. The number of ether oxygens (including phenoxy) is 2. The highest BCUT2D eigenvalue weighted by molar-refractivity contribution is 7.91. The molecule has 7 nitrogen and oxygen atoms in total. The van der Waals surface area contributed by atoms with E-state index in [0.29, 0.717) is 24.3 Å².